The van der Waals surface area contributed by atoms with Crippen LogP contribution in [0.3, 0.4) is 0 Å². The summed E-state index contributed by atoms with van der Waals surface area (Å²) in [6.07, 6.45) is 2.82. The van der Waals surface area contributed by atoms with Gasteiger partial charge in [-0.2, -0.15) is 0 Å². The van der Waals surface area contributed by atoms with Gasteiger partial charge in [0.25, 0.3) is 0 Å². The standard InChI is InChI=1S/C18H27NO3/c1-2-21-17-9-8-16-18(17)22-13-11-19(16)10-12-20-14-15-6-4-3-5-7-15/h3-7,16-18H,2,8-14H2,1H3/t16-,17+,18+/m0/s1. The molecule has 1 saturated carbocycles. The molecule has 4 nitrogen and oxygen atoms in total. The Balaban J connectivity index is 1.42. The SMILES string of the molecule is CCO[C@@H]1CC[C@H]2[C@H]1OCCN2CCOCc1ccccc1. The summed E-state index contributed by atoms with van der Waals surface area (Å²) >= 11 is 0. The molecule has 1 aromatic carbocycles. The number of rotatable bonds is 7. The Hall–Kier alpha value is -0.940. The van der Waals surface area contributed by atoms with Crippen molar-refractivity contribution in [2.45, 2.75) is 44.6 Å². The first-order valence-electron chi connectivity index (χ1n) is 8.47. The van der Waals surface area contributed by atoms with Gasteiger partial charge in [0.05, 0.1) is 32.0 Å². The topological polar surface area (TPSA) is 30.9 Å². The monoisotopic (exact) mass is 305 g/mol. The number of ether oxygens (including phenoxy) is 3. The smallest absolute Gasteiger partial charge is 0.0991 e. The van der Waals surface area contributed by atoms with Crippen LogP contribution in [-0.2, 0) is 20.8 Å². The fourth-order valence-electron chi connectivity index (χ4n) is 3.61. The van der Waals surface area contributed by atoms with E-state index in [1.54, 1.807) is 0 Å². The van der Waals surface area contributed by atoms with E-state index in [-0.39, 0.29) is 12.2 Å². The second-order valence-electron chi connectivity index (χ2n) is 6.05. The van der Waals surface area contributed by atoms with Gasteiger partial charge in [-0.05, 0) is 25.3 Å². The maximum atomic E-state index is 5.97. The minimum atomic E-state index is 0.253. The summed E-state index contributed by atoms with van der Waals surface area (Å²) in [5.41, 5.74) is 1.24. The predicted octanol–water partition coefficient (Wildman–Crippen LogP) is 2.47. The van der Waals surface area contributed by atoms with Gasteiger partial charge in [0, 0.05) is 25.7 Å². The van der Waals surface area contributed by atoms with Crippen LogP contribution in [0, 0.1) is 0 Å². The van der Waals surface area contributed by atoms with Gasteiger partial charge in [0.1, 0.15) is 0 Å². The van der Waals surface area contributed by atoms with E-state index in [9.17, 15) is 0 Å². The van der Waals surface area contributed by atoms with Crippen molar-refractivity contribution < 1.29 is 14.2 Å². The third kappa shape index (κ3) is 3.87. The molecule has 1 heterocycles. The van der Waals surface area contributed by atoms with Crippen molar-refractivity contribution >= 4 is 0 Å². The zero-order valence-electron chi connectivity index (χ0n) is 13.4. The zero-order valence-corrected chi connectivity index (χ0v) is 13.4. The number of hydrogen-bond donors (Lipinski definition) is 0. The maximum Gasteiger partial charge on any atom is 0.0991 e. The number of benzene rings is 1. The molecule has 2 aliphatic rings. The average Bonchev–Trinajstić information content (AvgIpc) is 2.97. The van der Waals surface area contributed by atoms with E-state index in [0.29, 0.717) is 12.6 Å². The highest BCUT2D eigenvalue weighted by Gasteiger charge is 2.42. The molecule has 0 radical (unpaired) electrons. The van der Waals surface area contributed by atoms with Crippen molar-refractivity contribution in [2.75, 3.05) is 32.9 Å². The summed E-state index contributed by atoms with van der Waals surface area (Å²) in [4.78, 5) is 2.53. The van der Waals surface area contributed by atoms with Gasteiger partial charge in [0.15, 0.2) is 0 Å². The van der Waals surface area contributed by atoms with E-state index in [1.165, 1.54) is 12.0 Å². The Kier molecular flexibility index (Phi) is 5.84. The van der Waals surface area contributed by atoms with Gasteiger partial charge in [-0.25, -0.2) is 0 Å². The van der Waals surface area contributed by atoms with Crippen LogP contribution in [0.5, 0.6) is 0 Å². The second-order valence-corrected chi connectivity index (χ2v) is 6.05. The van der Waals surface area contributed by atoms with Crippen LogP contribution in [0.25, 0.3) is 0 Å². The number of nitrogens with zero attached hydrogens (tertiary/aromatic N) is 1. The van der Waals surface area contributed by atoms with Crippen LogP contribution in [0.2, 0.25) is 0 Å². The quantitative estimate of drug-likeness (QED) is 0.724. The van der Waals surface area contributed by atoms with Crippen molar-refractivity contribution in [1.82, 2.24) is 4.90 Å². The molecule has 3 atom stereocenters. The first kappa shape index (κ1) is 15.9. The number of morpholine rings is 1. The van der Waals surface area contributed by atoms with Gasteiger partial charge < -0.3 is 14.2 Å². The highest BCUT2D eigenvalue weighted by Crippen LogP contribution is 2.31. The molecule has 4 heteroatoms. The lowest BCUT2D eigenvalue weighted by molar-refractivity contribution is -0.114. The molecule has 0 spiro atoms. The van der Waals surface area contributed by atoms with Gasteiger partial charge in [-0.15, -0.1) is 0 Å². The molecule has 0 bridgehead atoms. The molecule has 1 aliphatic carbocycles. The summed E-state index contributed by atoms with van der Waals surface area (Å²) in [5.74, 6) is 0. The maximum absolute atomic E-state index is 5.97. The predicted molar refractivity (Wildman–Crippen MR) is 85.8 cm³/mol. The Labute approximate surface area is 133 Å². The molecule has 0 aromatic heterocycles. The summed E-state index contributed by atoms with van der Waals surface area (Å²) in [7, 11) is 0. The molecule has 3 rings (SSSR count). The normalized spacial score (nSPS) is 28.7. The van der Waals surface area contributed by atoms with Crippen molar-refractivity contribution in [1.29, 1.82) is 0 Å². The van der Waals surface area contributed by atoms with Crippen LogP contribution >= 0.6 is 0 Å². The molecule has 0 amide bonds. The lowest BCUT2D eigenvalue weighted by atomic mass is 10.1. The molecule has 1 aromatic rings. The lowest BCUT2D eigenvalue weighted by Gasteiger charge is -2.38. The fourth-order valence-corrected chi connectivity index (χ4v) is 3.61. The molecule has 0 N–H and O–H groups in total. The van der Waals surface area contributed by atoms with Gasteiger partial charge >= 0.3 is 0 Å². The molecule has 1 saturated heterocycles. The first-order valence-corrected chi connectivity index (χ1v) is 8.47. The van der Waals surface area contributed by atoms with Crippen LogP contribution in [0.15, 0.2) is 30.3 Å². The van der Waals surface area contributed by atoms with Crippen molar-refractivity contribution in [2.24, 2.45) is 0 Å². The first-order chi connectivity index (χ1) is 10.9. The van der Waals surface area contributed by atoms with E-state index in [4.69, 9.17) is 14.2 Å². The van der Waals surface area contributed by atoms with Crippen LogP contribution < -0.4 is 0 Å². The molecule has 122 valence electrons. The van der Waals surface area contributed by atoms with Gasteiger partial charge in [-0.1, -0.05) is 30.3 Å². The Morgan fingerprint density at radius 2 is 2.09 bits per heavy atom. The molecule has 2 fully saturated rings. The molecular formula is C18H27NO3. The highest BCUT2D eigenvalue weighted by atomic mass is 16.5. The molecule has 22 heavy (non-hydrogen) atoms. The minimum absolute atomic E-state index is 0.253. The van der Waals surface area contributed by atoms with Gasteiger partial charge in [-0.3, -0.25) is 4.90 Å². The van der Waals surface area contributed by atoms with Crippen molar-refractivity contribution in [3.63, 3.8) is 0 Å². The Bertz CT molecular complexity index is 439. The van der Waals surface area contributed by atoms with E-state index in [1.807, 2.05) is 6.07 Å². The molecule has 0 unspecified atom stereocenters. The van der Waals surface area contributed by atoms with Crippen LogP contribution in [0.1, 0.15) is 25.3 Å². The van der Waals surface area contributed by atoms with E-state index in [2.05, 4.69) is 36.1 Å². The average molecular weight is 305 g/mol. The zero-order chi connectivity index (χ0) is 15.2. The van der Waals surface area contributed by atoms with Gasteiger partial charge in [0.2, 0.25) is 0 Å². The second kappa shape index (κ2) is 8.06. The van der Waals surface area contributed by atoms with Crippen LogP contribution in [0.4, 0.5) is 0 Å². The summed E-state index contributed by atoms with van der Waals surface area (Å²) in [6.45, 7) is 7.11. The molecular weight excluding hydrogens is 278 g/mol. The lowest BCUT2D eigenvalue weighted by Crippen LogP contribution is -2.52. The summed E-state index contributed by atoms with van der Waals surface area (Å²) in [5, 5.41) is 0. The minimum Gasteiger partial charge on any atom is -0.376 e. The summed E-state index contributed by atoms with van der Waals surface area (Å²) < 4.78 is 17.6. The van der Waals surface area contributed by atoms with Crippen LogP contribution in [-0.4, -0.2) is 56.1 Å². The van der Waals surface area contributed by atoms with E-state index in [0.717, 1.165) is 39.3 Å². The number of hydrogen-bond acceptors (Lipinski definition) is 4. The Morgan fingerprint density at radius 3 is 2.91 bits per heavy atom. The Morgan fingerprint density at radius 1 is 1.23 bits per heavy atom. The summed E-state index contributed by atoms with van der Waals surface area (Å²) in [6, 6.07) is 10.9. The number of fused-ring (bicyclic) bond motifs is 1. The van der Waals surface area contributed by atoms with Crippen molar-refractivity contribution in [3.05, 3.63) is 35.9 Å². The van der Waals surface area contributed by atoms with Crippen molar-refractivity contribution in [3.8, 4) is 0 Å². The fraction of sp³-hybridized carbons (Fsp3) is 0.667. The molecule has 1 aliphatic heterocycles. The van der Waals surface area contributed by atoms with E-state index >= 15 is 0 Å². The highest BCUT2D eigenvalue weighted by molar-refractivity contribution is 5.13. The van der Waals surface area contributed by atoms with E-state index < -0.39 is 0 Å². The third-order valence-electron chi connectivity index (χ3n) is 4.67. The third-order valence-corrected chi connectivity index (χ3v) is 4.67. The largest absolute Gasteiger partial charge is 0.376 e.